The summed E-state index contributed by atoms with van der Waals surface area (Å²) in [4.78, 5) is 21.0. The van der Waals surface area contributed by atoms with E-state index in [-0.39, 0.29) is 12.7 Å². The lowest BCUT2D eigenvalue weighted by molar-refractivity contribution is 0.0946. The average Bonchev–Trinajstić information content (AvgIpc) is 3.44. The Bertz CT molecular complexity index is 1080. The molecule has 0 fully saturated rings. The van der Waals surface area contributed by atoms with E-state index >= 15 is 0 Å². The standard InChI is InChI=1S/C25H30N4O4/c1-18-4-6-19(7-5-18)13-29(14-20-8-9-22-23(12-20)33-17-32-22)15-24-27-21(16-31-24)25(30)26-10-11-28(2)3/h4-9,12,16H,10-11,13-15,17H2,1-3H3,(H,26,30). The van der Waals surface area contributed by atoms with Crippen molar-refractivity contribution in [3.8, 4) is 11.5 Å². The van der Waals surface area contributed by atoms with Crippen LogP contribution in [0.3, 0.4) is 0 Å². The molecule has 4 rings (SSSR count). The average molecular weight is 451 g/mol. The number of likely N-dealkylation sites (N-methyl/N-ethyl adjacent to an activating group) is 1. The van der Waals surface area contributed by atoms with Crippen LogP contribution in [0.15, 0.2) is 53.1 Å². The van der Waals surface area contributed by atoms with Crippen LogP contribution in [-0.2, 0) is 19.6 Å². The van der Waals surface area contributed by atoms with Crippen LogP contribution in [0.5, 0.6) is 11.5 Å². The minimum Gasteiger partial charge on any atom is -0.454 e. The maximum Gasteiger partial charge on any atom is 0.273 e. The summed E-state index contributed by atoms with van der Waals surface area (Å²) in [6, 6.07) is 14.4. The molecule has 3 aromatic rings. The van der Waals surface area contributed by atoms with Gasteiger partial charge in [0.25, 0.3) is 5.91 Å². The number of aromatic nitrogens is 1. The predicted molar refractivity (Wildman–Crippen MR) is 124 cm³/mol. The fourth-order valence-electron chi connectivity index (χ4n) is 3.58. The molecule has 2 aromatic carbocycles. The summed E-state index contributed by atoms with van der Waals surface area (Å²) in [7, 11) is 3.92. The van der Waals surface area contributed by atoms with E-state index in [4.69, 9.17) is 13.9 Å². The Morgan fingerprint density at radius 1 is 1.00 bits per heavy atom. The number of fused-ring (bicyclic) bond motifs is 1. The third kappa shape index (κ3) is 6.34. The van der Waals surface area contributed by atoms with E-state index in [0.717, 1.165) is 23.6 Å². The van der Waals surface area contributed by atoms with Crippen LogP contribution in [0.25, 0.3) is 0 Å². The molecule has 8 heteroatoms. The molecule has 33 heavy (non-hydrogen) atoms. The van der Waals surface area contributed by atoms with Gasteiger partial charge in [-0.15, -0.1) is 0 Å². The summed E-state index contributed by atoms with van der Waals surface area (Å²) in [5, 5.41) is 2.86. The zero-order valence-electron chi connectivity index (χ0n) is 19.3. The normalized spacial score (nSPS) is 12.5. The molecule has 1 aliphatic rings. The minimum absolute atomic E-state index is 0.229. The lowest BCUT2D eigenvalue weighted by Crippen LogP contribution is -2.31. The molecule has 0 aliphatic carbocycles. The van der Waals surface area contributed by atoms with E-state index in [1.54, 1.807) is 0 Å². The second-order valence-corrected chi connectivity index (χ2v) is 8.50. The van der Waals surface area contributed by atoms with Crippen molar-refractivity contribution in [2.75, 3.05) is 34.0 Å². The van der Waals surface area contributed by atoms with Crippen LogP contribution in [0.2, 0.25) is 0 Å². The number of amides is 1. The van der Waals surface area contributed by atoms with Crippen LogP contribution >= 0.6 is 0 Å². The fourth-order valence-corrected chi connectivity index (χ4v) is 3.58. The second-order valence-electron chi connectivity index (χ2n) is 8.50. The van der Waals surface area contributed by atoms with Crippen molar-refractivity contribution < 1.29 is 18.7 Å². The third-order valence-electron chi connectivity index (χ3n) is 5.36. The van der Waals surface area contributed by atoms with Crippen LogP contribution in [0.4, 0.5) is 0 Å². The number of nitrogens with one attached hydrogen (secondary N) is 1. The summed E-state index contributed by atoms with van der Waals surface area (Å²) >= 11 is 0. The molecule has 0 bridgehead atoms. The molecular formula is C25H30N4O4. The largest absolute Gasteiger partial charge is 0.454 e. The van der Waals surface area contributed by atoms with Crippen molar-refractivity contribution in [2.24, 2.45) is 0 Å². The van der Waals surface area contributed by atoms with Gasteiger partial charge in [-0.3, -0.25) is 9.69 Å². The number of aryl methyl sites for hydroxylation is 1. The Hall–Kier alpha value is -3.36. The zero-order valence-corrected chi connectivity index (χ0v) is 19.3. The molecule has 0 atom stereocenters. The van der Waals surface area contributed by atoms with E-state index in [9.17, 15) is 4.79 Å². The number of oxazole rings is 1. The van der Waals surface area contributed by atoms with Gasteiger partial charge in [-0.1, -0.05) is 35.9 Å². The van der Waals surface area contributed by atoms with Gasteiger partial charge in [0.15, 0.2) is 17.2 Å². The van der Waals surface area contributed by atoms with Crippen LogP contribution in [0.1, 0.15) is 33.1 Å². The topological polar surface area (TPSA) is 80.1 Å². The fraction of sp³-hybridized carbons (Fsp3) is 0.360. The number of hydrogen-bond acceptors (Lipinski definition) is 7. The molecule has 8 nitrogen and oxygen atoms in total. The molecule has 174 valence electrons. The molecule has 1 aliphatic heterocycles. The molecule has 0 radical (unpaired) electrons. The third-order valence-corrected chi connectivity index (χ3v) is 5.36. The zero-order chi connectivity index (χ0) is 23.2. The van der Waals surface area contributed by atoms with Gasteiger partial charge in [-0.05, 0) is 44.3 Å². The van der Waals surface area contributed by atoms with Crippen LogP contribution in [0, 0.1) is 6.92 Å². The lowest BCUT2D eigenvalue weighted by atomic mass is 10.1. The number of nitrogens with zero attached hydrogens (tertiary/aromatic N) is 3. The number of carbonyl (C=O) groups is 1. The first-order chi connectivity index (χ1) is 16.0. The van der Waals surface area contributed by atoms with Gasteiger partial charge in [-0.25, -0.2) is 4.98 Å². The van der Waals surface area contributed by atoms with Gasteiger partial charge in [-0.2, -0.15) is 0 Å². The number of carbonyl (C=O) groups excluding carboxylic acids is 1. The highest BCUT2D eigenvalue weighted by Gasteiger charge is 2.18. The first-order valence-electron chi connectivity index (χ1n) is 11.0. The molecule has 1 N–H and O–H groups in total. The Morgan fingerprint density at radius 2 is 1.73 bits per heavy atom. The highest BCUT2D eigenvalue weighted by atomic mass is 16.7. The summed E-state index contributed by atoms with van der Waals surface area (Å²) in [6.07, 6.45) is 1.42. The van der Waals surface area contributed by atoms with Gasteiger partial charge < -0.3 is 24.1 Å². The van der Waals surface area contributed by atoms with Gasteiger partial charge in [0, 0.05) is 26.2 Å². The molecule has 0 saturated carbocycles. The quantitative estimate of drug-likeness (QED) is 0.508. The molecule has 2 heterocycles. The number of benzene rings is 2. The summed E-state index contributed by atoms with van der Waals surface area (Å²) in [5.41, 5.74) is 3.80. The van der Waals surface area contributed by atoms with Gasteiger partial charge in [0.1, 0.15) is 6.26 Å². The number of ether oxygens (including phenoxy) is 2. The molecule has 0 unspecified atom stereocenters. The number of hydrogen-bond donors (Lipinski definition) is 1. The maximum atomic E-state index is 12.4. The molecule has 0 saturated heterocycles. The Balaban J connectivity index is 1.46. The Kier molecular flexibility index (Phi) is 7.26. The first kappa shape index (κ1) is 22.8. The van der Waals surface area contributed by atoms with Gasteiger partial charge >= 0.3 is 0 Å². The number of rotatable bonds is 10. The van der Waals surface area contributed by atoms with Gasteiger partial charge in [0.05, 0.1) is 6.54 Å². The van der Waals surface area contributed by atoms with Gasteiger partial charge in [0.2, 0.25) is 12.7 Å². The van der Waals surface area contributed by atoms with E-state index in [1.807, 2.05) is 37.2 Å². The molecule has 0 spiro atoms. The predicted octanol–water partition coefficient (Wildman–Crippen LogP) is 3.21. The van der Waals surface area contributed by atoms with E-state index < -0.39 is 0 Å². The summed E-state index contributed by atoms with van der Waals surface area (Å²) < 4.78 is 16.6. The monoisotopic (exact) mass is 450 g/mol. The Labute approximate surface area is 194 Å². The maximum absolute atomic E-state index is 12.4. The highest BCUT2D eigenvalue weighted by molar-refractivity contribution is 5.91. The highest BCUT2D eigenvalue weighted by Crippen LogP contribution is 2.33. The van der Waals surface area contributed by atoms with Crippen LogP contribution < -0.4 is 14.8 Å². The van der Waals surface area contributed by atoms with Crippen molar-refractivity contribution in [1.82, 2.24) is 20.1 Å². The van der Waals surface area contributed by atoms with Crippen molar-refractivity contribution in [1.29, 1.82) is 0 Å². The molecule has 1 amide bonds. The second kappa shape index (κ2) is 10.5. The molecule has 1 aromatic heterocycles. The smallest absolute Gasteiger partial charge is 0.273 e. The summed E-state index contributed by atoms with van der Waals surface area (Å²) in [5.74, 6) is 1.80. The van der Waals surface area contributed by atoms with E-state index in [1.165, 1.54) is 17.4 Å². The first-order valence-corrected chi connectivity index (χ1v) is 11.0. The van der Waals surface area contributed by atoms with Crippen molar-refractivity contribution >= 4 is 5.91 Å². The van der Waals surface area contributed by atoms with E-state index in [2.05, 4.69) is 46.4 Å². The molecular weight excluding hydrogens is 420 g/mol. The van der Waals surface area contributed by atoms with Crippen molar-refractivity contribution in [2.45, 2.75) is 26.6 Å². The SMILES string of the molecule is Cc1ccc(CN(Cc2ccc3c(c2)OCO3)Cc2nc(C(=O)NCCN(C)C)co2)cc1. The van der Waals surface area contributed by atoms with Crippen LogP contribution in [-0.4, -0.2) is 54.7 Å². The summed E-state index contributed by atoms with van der Waals surface area (Å²) in [6.45, 7) is 5.48. The van der Waals surface area contributed by atoms with Crippen molar-refractivity contribution in [3.05, 3.63) is 77.0 Å². The van der Waals surface area contributed by atoms with Crippen molar-refractivity contribution in [3.63, 3.8) is 0 Å². The van der Waals surface area contributed by atoms with E-state index in [0.29, 0.717) is 37.8 Å². The lowest BCUT2D eigenvalue weighted by Gasteiger charge is -2.21. The minimum atomic E-state index is -0.229. The Morgan fingerprint density at radius 3 is 2.52 bits per heavy atom.